The van der Waals surface area contributed by atoms with Crippen molar-refractivity contribution in [3.63, 3.8) is 0 Å². The van der Waals surface area contributed by atoms with E-state index in [1.54, 1.807) is 0 Å². The fraction of sp³-hybridized carbons (Fsp3) is 0. The Kier molecular flexibility index (Phi) is 5.56. The van der Waals surface area contributed by atoms with Gasteiger partial charge < -0.3 is 4.55 Å². The first-order valence-corrected chi connectivity index (χ1v) is 4.11. The Morgan fingerprint density at radius 2 is 2.08 bits per heavy atom. The molecule has 0 N–H and O–H groups in total. The summed E-state index contributed by atoms with van der Waals surface area (Å²) in [5.41, 5.74) is 0. The number of benzene rings is 1. The number of hydrogen-bond donors (Lipinski definition) is 0. The molecule has 1 aromatic carbocycles. The van der Waals surface area contributed by atoms with E-state index in [2.05, 4.69) is 0 Å². The molecule has 0 saturated heterocycles. The summed E-state index contributed by atoms with van der Waals surface area (Å²) >= 11 is 2.75. The molecule has 1 aromatic rings. The third kappa shape index (κ3) is 2.80. The number of hydrogen-bond acceptors (Lipinski definition) is 2. The van der Waals surface area contributed by atoms with Crippen LogP contribution in [0.4, 0.5) is 4.39 Å². The normalized spacial score (nSPS) is 11.9. The zero-order valence-corrected chi connectivity index (χ0v) is 9.79. The SMILES string of the molecule is O=S([O-])c1cccc(Cl)c1F.[Na+]. The van der Waals surface area contributed by atoms with E-state index in [-0.39, 0.29) is 34.6 Å². The second-order valence-electron chi connectivity index (χ2n) is 1.79. The van der Waals surface area contributed by atoms with Gasteiger partial charge in [-0.05, 0) is 23.2 Å². The summed E-state index contributed by atoms with van der Waals surface area (Å²) in [6, 6.07) is 3.80. The summed E-state index contributed by atoms with van der Waals surface area (Å²) in [5, 5.41) is -0.188. The Hall–Kier alpha value is 0.550. The predicted octanol–water partition coefficient (Wildman–Crippen LogP) is -1.28. The molecule has 0 amide bonds. The van der Waals surface area contributed by atoms with E-state index in [0.717, 1.165) is 6.07 Å². The standard InChI is InChI=1S/C6H4ClFO2S.Na/c7-4-2-1-3-5(6(4)8)11(9)10;/h1-3H,(H,9,10);/q;+1/p-1. The molecule has 1 rings (SSSR count). The van der Waals surface area contributed by atoms with Crippen LogP contribution in [-0.4, -0.2) is 8.76 Å². The monoisotopic (exact) mass is 216 g/mol. The summed E-state index contributed by atoms with van der Waals surface area (Å²) in [7, 11) is 0. The van der Waals surface area contributed by atoms with Crippen LogP contribution < -0.4 is 29.6 Å². The smallest absolute Gasteiger partial charge is 0.768 e. The first-order valence-electron chi connectivity index (χ1n) is 2.66. The van der Waals surface area contributed by atoms with Crippen molar-refractivity contribution in [3.05, 3.63) is 29.0 Å². The molecule has 2 nitrogen and oxygen atoms in total. The van der Waals surface area contributed by atoms with E-state index in [9.17, 15) is 13.2 Å². The molecule has 0 radical (unpaired) electrons. The van der Waals surface area contributed by atoms with E-state index in [0.29, 0.717) is 0 Å². The largest absolute Gasteiger partial charge is 1.00 e. The van der Waals surface area contributed by atoms with Crippen molar-refractivity contribution in [1.82, 2.24) is 0 Å². The molecular formula is C6H3ClFNaO2S. The molecule has 1 atom stereocenters. The van der Waals surface area contributed by atoms with Gasteiger partial charge >= 0.3 is 29.6 Å². The van der Waals surface area contributed by atoms with Crippen LogP contribution in [0.15, 0.2) is 23.1 Å². The van der Waals surface area contributed by atoms with Crippen LogP contribution in [0.1, 0.15) is 0 Å². The summed E-state index contributed by atoms with van der Waals surface area (Å²) in [6.07, 6.45) is 0. The van der Waals surface area contributed by atoms with Gasteiger partial charge in [0.25, 0.3) is 0 Å². The first kappa shape index (κ1) is 12.6. The van der Waals surface area contributed by atoms with Gasteiger partial charge in [0.15, 0.2) is 5.82 Å². The zero-order chi connectivity index (χ0) is 8.43. The Bertz CT molecular complexity index is 308. The average molecular weight is 217 g/mol. The molecule has 0 heterocycles. The predicted molar refractivity (Wildman–Crippen MR) is 38.6 cm³/mol. The quantitative estimate of drug-likeness (QED) is 0.434. The van der Waals surface area contributed by atoms with Gasteiger partial charge in [-0.3, -0.25) is 4.21 Å². The maximum Gasteiger partial charge on any atom is 1.00 e. The van der Waals surface area contributed by atoms with Crippen LogP contribution >= 0.6 is 11.6 Å². The maximum absolute atomic E-state index is 12.7. The fourth-order valence-corrected chi connectivity index (χ4v) is 1.29. The Morgan fingerprint density at radius 1 is 1.50 bits per heavy atom. The van der Waals surface area contributed by atoms with E-state index in [4.69, 9.17) is 11.6 Å². The maximum atomic E-state index is 12.7. The Morgan fingerprint density at radius 3 is 2.50 bits per heavy atom. The molecule has 0 fully saturated rings. The van der Waals surface area contributed by atoms with Gasteiger partial charge in [0.2, 0.25) is 0 Å². The summed E-state index contributed by atoms with van der Waals surface area (Å²) in [4.78, 5) is -0.405. The van der Waals surface area contributed by atoms with Crippen molar-refractivity contribution in [2.45, 2.75) is 4.90 Å². The molecule has 0 aliphatic heterocycles. The molecule has 0 spiro atoms. The third-order valence-corrected chi connectivity index (χ3v) is 2.06. The molecule has 0 aliphatic rings. The Balaban J connectivity index is 0.00000121. The van der Waals surface area contributed by atoms with Gasteiger partial charge in [-0.15, -0.1) is 0 Å². The number of rotatable bonds is 1. The molecule has 1 unspecified atom stereocenters. The Labute approximate surface area is 98.7 Å². The van der Waals surface area contributed by atoms with Crippen molar-refractivity contribution >= 4 is 22.7 Å². The fourth-order valence-electron chi connectivity index (χ4n) is 0.613. The summed E-state index contributed by atoms with van der Waals surface area (Å²) < 4.78 is 33.3. The van der Waals surface area contributed by atoms with Crippen LogP contribution in [0, 0.1) is 5.82 Å². The van der Waals surface area contributed by atoms with Gasteiger partial charge in [-0.1, -0.05) is 17.7 Å². The van der Waals surface area contributed by atoms with Crippen molar-refractivity contribution < 1.29 is 42.7 Å². The van der Waals surface area contributed by atoms with Gasteiger partial charge in [0.1, 0.15) is 0 Å². The molecule has 0 bridgehead atoms. The van der Waals surface area contributed by atoms with Gasteiger partial charge in [-0.2, -0.15) is 0 Å². The minimum absolute atomic E-state index is 0. The minimum Gasteiger partial charge on any atom is -0.768 e. The van der Waals surface area contributed by atoms with E-state index in [1.807, 2.05) is 0 Å². The van der Waals surface area contributed by atoms with Gasteiger partial charge in [0.05, 0.1) is 9.92 Å². The van der Waals surface area contributed by atoms with E-state index in [1.165, 1.54) is 12.1 Å². The molecule has 0 aromatic heterocycles. The zero-order valence-electron chi connectivity index (χ0n) is 6.21. The summed E-state index contributed by atoms with van der Waals surface area (Å²) in [6.45, 7) is 0. The molecule has 0 saturated carbocycles. The molecule has 0 aliphatic carbocycles. The number of halogens is 2. The van der Waals surface area contributed by atoms with Crippen LogP contribution in [0.3, 0.4) is 0 Å². The van der Waals surface area contributed by atoms with Crippen molar-refractivity contribution in [3.8, 4) is 0 Å². The van der Waals surface area contributed by atoms with E-state index >= 15 is 0 Å². The molecule has 12 heavy (non-hydrogen) atoms. The van der Waals surface area contributed by atoms with E-state index < -0.39 is 21.8 Å². The molecule has 60 valence electrons. The second kappa shape index (κ2) is 5.32. The van der Waals surface area contributed by atoms with Crippen molar-refractivity contribution in [1.29, 1.82) is 0 Å². The van der Waals surface area contributed by atoms with Gasteiger partial charge in [0, 0.05) is 0 Å². The molecule has 6 heteroatoms. The van der Waals surface area contributed by atoms with Crippen molar-refractivity contribution in [2.75, 3.05) is 0 Å². The van der Waals surface area contributed by atoms with Crippen LogP contribution in [0.25, 0.3) is 0 Å². The van der Waals surface area contributed by atoms with Crippen LogP contribution in [-0.2, 0) is 11.1 Å². The van der Waals surface area contributed by atoms with Crippen molar-refractivity contribution in [2.24, 2.45) is 0 Å². The van der Waals surface area contributed by atoms with Crippen LogP contribution in [0.2, 0.25) is 5.02 Å². The topological polar surface area (TPSA) is 40.1 Å². The molecular weight excluding hydrogens is 214 g/mol. The first-order chi connectivity index (χ1) is 5.13. The second-order valence-corrected chi connectivity index (χ2v) is 3.10. The minimum atomic E-state index is -2.56. The van der Waals surface area contributed by atoms with Gasteiger partial charge in [-0.25, -0.2) is 4.39 Å². The summed E-state index contributed by atoms with van der Waals surface area (Å²) in [5.74, 6) is -0.900. The third-order valence-electron chi connectivity index (χ3n) is 1.10. The van der Waals surface area contributed by atoms with Crippen LogP contribution in [0.5, 0.6) is 0 Å². The average Bonchev–Trinajstić information content (AvgIpc) is 1.94.